The molecule has 0 saturated carbocycles. The van der Waals surface area contributed by atoms with Gasteiger partial charge in [-0.2, -0.15) is 0 Å². The third-order valence-corrected chi connectivity index (χ3v) is 2.29. The summed E-state index contributed by atoms with van der Waals surface area (Å²) in [4.78, 5) is 9.89. The van der Waals surface area contributed by atoms with Crippen LogP contribution in [0.15, 0.2) is 18.2 Å². The molecule has 0 unspecified atom stereocenters. The third-order valence-electron chi connectivity index (χ3n) is 2.29. The average molecular weight is 242 g/mol. The molecule has 0 aliphatic heterocycles. The van der Waals surface area contributed by atoms with E-state index < -0.39 is 10.7 Å². The topological polar surface area (TPSA) is 75.4 Å². The second kappa shape index (κ2) is 5.09. The first-order chi connectivity index (χ1) is 7.84. The Morgan fingerprint density at radius 3 is 2.65 bits per heavy atom. The summed E-state index contributed by atoms with van der Waals surface area (Å²) in [5.41, 5.74) is -0.339. The smallest absolute Gasteiger partial charge is 0.274 e. The number of aliphatic hydroxyl groups is 1. The van der Waals surface area contributed by atoms with Crippen molar-refractivity contribution in [2.75, 3.05) is 18.5 Å². The molecule has 1 aromatic carbocycles. The first-order valence-electron chi connectivity index (χ1n) is 5.14. The van der Waals surface area contributed by atoms with Gasteiger partial charge in [-0.25, -0.2) is 4.39 Å². The fourth-order valence-corrected chi connectivity index (χ4v) is 1.18. The minimum Gasteiger partial charge on any atom is -0.396 e. The van der Waals surface area contributed by atoms with Crippen LogP contribution >= 0.6 is 0 Å². The van der Waals surface area contributed by atoms with E-state index in [9.17, 15) is 14.5 Å². The first-order valence-corrected chi connectivity index (χ1v) is 5.14. The van der Waals surface area contributed by atoms with E-state index in [-0.39, 0.29) is 17.7 Å². The van der Waals surface area contributed by atoms with Crippen LogP contribution in [0.3, 0.4) is 0 Å². The van der Waals surface area contributed by atoms with Crippen LogP contribution in [0.4, 0.5) is 15.8 Å². The molecule has 2 N–H and O–H groups in total. The Kier molecular flexibility index (Phi) is 4.01. The summed E-state index contributed by atoms with van der Waals surface area (Å²) in [5.74, 6) is -0.663. The van der Waals surface area contributed by atoms with Gasteiger partial charge >= 0.3 is 0 Å². The van der Waals surface area contributed by atoms with Crippen LogP contribution in [0.2, 0.25) is 0 Å². The Balaban J connectivity index is 2.81. The van der Waals surface area contributed by atoms with Gasteiger partial charge in [0.1, 0.15) is 5.82 Å². The highest BCUT2D eigenvalue weighted by atomic mass is 19.1. The summed E-state index contributed by atoms with van der Waals surface area (Å²) in [6.07, 6.45) is 0. The van der Waals surface area contributed by atoms with E-state index in [4.69, 9.17) is 5.11 Å². The van der Waals surface area contributed by atoms with E-state index in [1.54, 1.807) is 0 Å². The van der Waals surface area contributed by atoms with Gasteiger partial charge in [0.25, 0.3) is 5.69 Å². The number of nitro groups is 1. The van der Waals surface area contributed by atoms with Gasteiger partial charge in [0.15, 0.2) is 0 Å². The molecular weight excluding hydrogens is 227 g/mol. The summed E-state index contributed by atoms with van der Waals surface area (Å²) in [6.45, 7) is 4.02. The minimum absolute atomic E-state index is 0.0303. The maximum Gasteiger partial charge on any atom is 0.274 e. The highest BCUT2D eigenvalue weighted by Gasteiger charge is 2.17. The Morgan fingerprint density at radius 1 is 1.47 bits per heavy atom. The zero-order chi connectivity index (χ0) is 13.1. The molecule has 0 saturated heterocycles. The van der Waals surface area contributed by atoms with Crippen molar-refractivity contribution in [1.29, 1.82) is 0 Å². The molecule has 0 amide bonds. The summed E-state index contributed by atoms with van der Waals surface area (Å²) < 4.78 is 13.1. The van der Waals surface area contributed by atoms with E-state index in [1.165, 1.54) is 12.1 Å². The van der Waals surface area contributed by atoms with Crippen molar-refractivity contribution < 1.29 is 14.4 Å². The highest BCUT2D eigenvalue weighted by Crippen LogP contribution is 2.22. The molecule has 94 valence electrons. The SMILES string of the molecule is CC(C)(CO)CNc1cc(F)cc([N+](=O)[O-])c1. The fourth-order valence-electron chi connectivity index (χ4n) is 1.18. The molecule has 0 heterocycles. The lowest BCUT2D eigenvalue weighted by molar-refractivity contribution is -0.385. The third kappa shape index (κ3) is 3.99. The Bertz CT molecular complexity index is 421. The van der Waals surface area contributed by atoms with Crippen LogP contribution in [-0.4, -0.2) is 23.2 Å². The number of hydrogen-bond acceptors (Lipinski definition) is 4. The predicted octanol–water partition coefficient (Wildman–Crippen LogP) is 2.16. The quantitative estimate of drug-likeness (QED) is 0.613. The summed E-state index contributed by atoms with van der Waals surface area (Å²) >= 11 is 0. The van der Waals surface area contributed by atoms with Gasteiger partial charge in [-0.1, -0.05) is 13.8 Å². The Hall–Kier alpha value is -1.69. The number of rotatable bonds is 5. The molecule has 0 spiro atoms. The van der Waals surface area contributed by atoms with Crippen LogP contribution in [0, 0.1) is 21.3 Å². The lowest BCUT2D eigenvalue weighted by Gasteiger charge is -2.22. The zero-order valence-corrected chi connectivity index (χ0v) is 9.74. The first kappa shape index (κ1) is 13.4. The molecule has 0 atom stereocenters. The second-order valence-corrected chi connectivity index (χ2v) is 4.63. The van der Waals surface area contributed by atoms with Gasteiger partial charge in [0.2, 0.25) is 0 Å². The average Bonchev–Trinajstić information content (AvgIpc) is 2.26. The number of benzene rings is 1. The van der Waals surface area contributed by atoms with E-state index >= 15 is 0 Å². The van der Waals surface area contributed by atoms with Crippen molar-refractivity contribution in [2.24, 2.45) is 5.41 Å². The fraction of sp³-hybridized carbons (Fsp3) is 0.455. The Labute approximate surface area is 98.4 Å². The molecule has 0 aliphatic carbocycles. The van der Waals surface area contributed by atoms with Crippen LogP contribution in [-0.2, 0) is 0 Å². The lowest BCUT2D eigenvalue weighted by atomic mass is 9.95. The molecule has 1 aromatic rings. The maximum absolute atomic E-state index is 13.1. The van der Waals surface area contributed by atoms with Gasteiger partial charge in [-0.05, 0) is 6.07 Å². The number of nitrogens with one attached hydrogen (secondary N) is 1. The van der Waals surface area contributed by atoms with Gasteiger partial charge in [0.05, 0.1) is 11.0 Å². The maximum atomic E-state index is 13.1. The molecule has 17 heavy (non-hydrogen) atoms. The predicted molar refractivity (Wildman–Crippen MR) is 62.4 cm³/mol. The molecule has 0 bridgehead atoms. The molecule has 0 fully saturated rings. The van der Waals surface area contributed by atoms with Crippen LogP contribution in [0.25, 0.3) is 0 Å². The zero-order valence-electron chi connectivity index (χ0n) is 9.74. The largest absolute Gasteiger partial charge is 0.396 e. The van der Waals surface area contributed by atoms with Gasteiger partial charge in [0, 0.05) is 30.3 Å². The normalized spacial score (nSPS) is 11.3. The van der Waals surface area contributed by atoms with Crippen LogP contribution in [0.1, 0.15) is 13.8 Å². The van der Waals surface area contributed by atoms with Crippen molar-refractivity contribution in [2.45, 2.75) is 13.8 Å². The number of anilines is 1. The van der Waals surface area contributed by atoms with Crippen LogP contribution < -0.4 is 5.32 Å². The van der Waals surface area contributed by atoms with Crippen LogP contribution in [0.5, 0.6) is 0 Å². The summed E-state index contributed by atoms with van der Waals surface area (Å²) in [5, 5.41) is 22.4. The van der Waals surface area contributed by atoms with Gasteiger partial charge < -0.3 is 10.4 Å². The van der Waals surface area contributed by atoms with Crippen molar-refractivity contribution in [3.63, 3.8) is 0 Å². The van der Waals surface area contributed by atoms with Crippen molar-refractivity contribution in [3.05, 3.63) is 34.1 Å². The molecular formula is C11H15FN2O3. The molecule has 6 heteroatoms. The number of nitro benzene ring substituents is 1. The molecule has 1 rings (SSSR count). The number of halogens is 1. The summed E-state index contributed by atoms with van der Waals surface area (Å²) in [6, 6.07) is 3.30. The van der Waals surface area contributed by atoms with Gasteiger partial charge in [-0.15, -0.1) is 0 Å². The van der Waals surface area contributed by atoms with Crippen molar-refractivity contribution >= 4 is 11.4 Å². The second-order valence-electron chi connectivity index (χ2n) is 4.63. The van der Waals surface area contributed by atoms with Gasteiger partial charge in [-0.3, -0.25) is 10.1 Å². The monoisotopic (exact) mass is 242 g/mol. The van der Waals surface area contributed by atoms with Crippen molar-refractivity contribution in [1.82, 2.24) is 0 Å². The Morgan fingerprint density at radius 2 is 2.12 bits per heavy atom. The molecule has 0 aromatic heterocycles. The number of hydrogen-bond donors (Lipinski definition) is 2. The molecule has 0 aliphatic rings. The number of aliphatic hydroxyl groups excluding tert-OH is 1. The van der Waals surface area contributed by atoms with E-state index in [2.05, 4.69) is 5.32 Å². The standard InChI is InChI=1S/C11H15FN2O3/c1-11(2,7-15)6-13-9-3-8(12)4-10(5-9)14(16)17/h3-5,13,15H,6-7H2,1-2H3. The highest BCUT2D eigenvalue weighted by molar-refractivity contribution is 5.51. The lowest BCUT2D eigenvalue weighted by Crippen LogP contribution is -2.26. The van der Waals surface area contributed by atoms with Crippen molar-refractivity contribution in [3.8, 4) is 0 Å². The molecule has 5 nitrogen and oxygen atoms in total. The number of nitrogens with zero attached hydrogens (tertiary/aromatic N) is 1. The molecule has 0 radical (unpaired) electrons. The number of non-ortho nitro benzene ring substituents is 1. The van der Waals surface area contributed by atoms with E-state index in [0.29, 0.717) is 12.2 Å². The summed E-state index contributed by atoms with van der Waals surface area (Å²) in [7, 11) is 0. The minimum atomic E-state index is -0.663. The van der Waals surface area contributed by atoms with E-state index in [1.807, 2.05) is 13.8 Å². The van der Waals surface area contributed by atoms with E-state index in [0.717, 1.165) is 6.07 Å².